The molecular weight excluding hydrogens is 454 g/mol. The van der Waals surface area contributed by atoms with Gasteiger partial charge in [0.25, 0.3) is 5.56 Å². The van der Waals surface area contributed by atoms with E-state index in [1.54, 1.807) is 23.0 Å². The van der Waals surface area contributed by atoms with Crippen LogP contribution in [0, 0.1) is 11.8 Å². The first-order valence-electron chi connectivity index (χ1n) is 11.4. The van der Waals surface area contributed by atoms with E-state index >= 15 is 0 Å². The third-order valence-electron chi connectivity index (χ3n) is 5.34. The summed E-state index contributed by atoms with van der Waals surface area (Å²) in [5, 5.41) is 2.71. The van der Waals surface area contributed by atoms with E-state index in [-0.39, 0.29) is 11.8 Å². The molecule has 0 radical (unpaired) electrons. The van der Waals surface area contributed by atoms with E-state index in [0.29, 0.717) is 47.2 Å². The summed E-state index contributed by atoms with van der Waals surface area (Å²) in [6.07, 6.45) is 1.57. The minimum Gasteiger partial charge on any atom is -0.493 e. The number of carbonyl (C=O) groups is 1. The molecule has 11 heteroatoms. The second-order valence-electron chi connectivity index (χ2n) is 9.10. The molecule has 2 aromatic heterocycles. The Labute approximate surface area is 203 Å². The van der Waals surface area contributed by atoms with Crippen LogP contribution in [0.2, 0.25) is 0 Å². The van der Waals surface area contributed by atoms with Gasteiger partial charge >= 0.3 is 5.69 Å². The van der Waals surface area contributed by atoms with E-state index in [0.717, 1.165) is 4.57 Å². The number of fused-ring (bicyclic) bond motifs is 1. The average molecular weight is 488 g/mol. The van der Waals surface area contributed by atoms with E-state index in [1.165, 1.54) is 25.9 Å². The summed E-state index contributed by atoms with van der Waals surface area (Å²) in [6, 6.07) is 3.14. The molecule has 0 aliphatic heterocycles. The first-order valence-corrected chi connectivity index (χ1v) is 11.4. The van der Waals surface area contributed by atoms with Crippen molar-refractivity contribution in [2.24, 2.45) is 11.8 Å². The summed E-state index contributed by atoms with van der Waals surface area (Å²) < 4.78 is 20.1. The van der Waals surface area contributed by atoms with Crippen LogP contribution in [0.5, 0.6) is 17.2 Å². The van der Waals surface area contributed by atoms with E-state index in [9.17, 15) is 14.4 Å². The van der Waals surface area contributed by atoms with Gasteiger partial charge in [0.05, 0.1) is 27.7 Å². The minimum atomic E-state index is -0.578. The van der Waals surface area contributed by atoms with E-state index in [4.69, 9.17) is 14.2 Å². The van der Waals surface area contributed by atoms with Crippen LogP contribution in [-0.2, 0) is 24.4 Å². The lowest BCUT2D eigenvalue weighted by atomic mass is 10.2. The fourth-order valence-electron chi connectivity index (χ4n) is 3.94. The van der Waals surface area contributed by atoms with Gasteiger partial charge in [0.1, 0.15) is 6.54 Å². The van der Waals surface area contributed by atoms with Gasteiger partial charge in [-0.25, -0.2) is 14.3 Å². The van der Waals surface area contributed by atoms with Crippen LogP contribution in [0.25, 0.3) is 11.2 Å². The number of imidazole rings is 1. The van der Waals surface area contributed by atoms with Crippen molar-refractivity contribution in [3.05, 3.63) is 39.3 Å². The number of methoxy groups -OCH3 is 3. The predicted octanol–water partition coefficient (Wildman–Crippen LogP) is 2.34. The van der Waals surface area contributed by atoms with E-state index < -0.39 is 23.7 Å². The Morgan fingerprint density at radius 3 is 2.06 bits per heavy atom. The summed E-state index contributed by atoms with van der Waals surface area (Å²) in [4.78, 5) is 44.0. The van der Waals surface area contributed by atoms with Crippen molar-refractivity contribution in [2.75, 3.05) is 26.6 Å². The van der Waals surface area contributed by atoms with Crippen molar-refractivity contribution in [3.63, 3.8) is 0 Å². The molecule has 0 spiro atoms. The van der Waals surface area contributed by atoms with Crippen LogP contribution < -0.4 is 30.8 Å². The average Bonchev–Trinajstić information content (AvgIpc) is 3.21. The van der Waals surface area contributed by atoms with E-state index in [1.807, 2.05) is 27.7 Å². The van der Waals surface area contributed by atoms with Crippen LogP contribution >= 0.6 is 0 Å². The fraction of sp³-hybridized carbons (Fsp3) is 0.500. The lowest BCUT2D eigenvalue weighted by molar-refractivity contribution is -0.116. The van der Waals surface area contributed by atoms with Crippen molar-refractivity contribution >= 4 is 22.8 Å². The third-order valence-corrected chi connectivity index (χ3v) is 5.34. The summed E-state index contributed by atoms with van der Waals surface area (Å²) in [5.41, 5.74) is -0.129. The molecule has 0 unspecified atom stereocenters. The number of hydrogen-bond donors (Lipinski definition) is 1. The molecule has 2 heterocycles. The lowest BCUT2D eigenvalue weighted by Gasteiger charge is -2.16. The summed E-state index contributed by atoms with van der Waals surface area (Å²) in [6.45, 7) is 8.45. The summed E-state index contributed by atoms with van der Waals surface area (Å²) in [7, 11) is 4.41. The van der Waals surface area contributed by atoms with Crippen molar-refractivity contribution in [3.8, 4) is 17.2 Å². The molecule has 1 N–H and O–H groups in total. The van der Waals surface area contributed by atoms with Crippen LogP contribution in [0.4, 0.5) is 5.69 Å². The smallest absolute Gasteiger partial charge is 0.333 e. The Morgan fingerprint density at radius 2 is 1.54 bits per heavy atom. The highest BCUT2D eigenvalue weighted by Gasteiger charge is 2.21. The van der Waals surface area contributed by atoms with Gasteiger partial charge in [0, 0.05) is 30.9 Å². The van der Waals surface area contributed by atoms with Crippen molar-refractivity contribution in [2.45, 2.75) is 47.3 Å². The number of hydrogen-bond acceptors (Lipinski definition) is 7. The highest BCUT2D eigenvalue weighted by Crippen LogP contribution is 2.39. The molecule has 0 saturated carbocycles. The van der Waals surface area contributed by atoms with Gasteiger partial charge in [-0.05, 0) is 11.8 Å². The first kappa shape index (κ1) is 25.9. The molecule has 3 rings (SSSR count). The number of amides is 1. The largest absolute Gasteiger partial charge is 0.493 e. The normalized spacial score (nSPS) is 11.3. The Bertz CT molecular complexity index is 1310. The Morgan fingerprint density at radius 1 is 0.943 bits per heavy atom. The Kier molecular flexibility index (Phi) is 7.88. The first-order chi connectivity index (χ1) is 16.6. The third kappa shape index (κ3) is 5.33. The number of nitrogens with one attached hydrogen (secondary N) is 1. The SMILES string of the molecule is COc1cc(NC(=O)Cn2c(=O)c3c(ncn3CC(C)C)n(CC(C)C)c2=O)cc(OC)c1OC. The van der Waals surface area contributed by atoms with Crippen molar-refractivity contribution < 1.29 is 19.0 Å². The maximum absolute atomic E-state index is 13.4. The number of rotatable bonds is 10. The standard InChI is InChI=1S/C24H33N5O6/c1-14(2)10-27-13-25-22-20(27)23(31)29(24(32)28(22)11-15(3)4)12-19(30)26-16-8-17(33-5)21(35-7)18(9-16)34-6/h8-9,13-15H,10-12H2,1-7H3,(H,26,30). The maximum Gasteiger partial charge on any atom is 0.333 e. The zero-order valence-electron chi connectivity index (χ0n) is 21.2. The highest BCUT2D eigenvalue weighted by atomic mass is 16.5. The van der Waals surface area contributed by atoms with Gasteiger partial charge in [-0.1, -0.05) is 27.7 Å². The quantitative estimate of drug-likeness (QED) is 0.466. The van der Waals surface area contributed by atoms with Gasteiger partial charge < -0.3 is 24.1 Å². The molecule has 11 nitrogen and oxygen atoms in total. The molecule has 35 heavy (non-hydrogen) atoms. The molecule has 190 valence electrons. The van der Waals surface area contributed by atoms with Gasteiger partial charge in [0.2, 0.25) is 11.7 Å². The van der Waals surface area contributed by atoms with Crippen LogP contribution in [0.3, 0.4) is 0 Å². The number of benzene rings is 1. The highest BCUT2D eigenvalue weighted by molar-refractivity contribution is 5.91. The number of nitrogens with zero attached hydrogens (tertiary/aromatic N) is 4. The number of carbonyl (C=O) groups excluding carboxylic acids is 1. The Balaban J connectivity index is 2.04. The number of ether oxygens (including phenoxy) is 3. The lowest BCUT2D eigenvalue weighted by Crippen LogP contribution is -2.43. The molecule has 1 aromatic carbocycles. The van der Waals surface area contributed by atoms with Crippen molar-refractivity contribution in [1.82, 2.24) is 18.7 Å². The second-order valence-corrected chi connectivity index (χ2v) is 9.10. The molecule has 0 saturated heterocycles. The zero-order chi connectivity index (χ0) is 25.9. The number of aromatic nitrogens is 4. The predicted molar refractivity (Wildman–Crippen MR) is 133 cm³/mol. The molecule has 0 bridgehead atoms. The molecule has 1 amide bonds. The van der Waals surface area contributed by atoms with Gasteiger partial charge in [0.15, 0.2) is 22.7 Å². The molecule has 0 fully saturated rings. The monoisotopic (exact) mass is 487 g/mol. The molecule has 0 aliphatic carbocycles. The topological polar surface area (TPSA) is 119 Å². The van der Waals surface area contributed by atoms with Gasteiger partial charge in [-0.2, -0.15) is 0 Å². The van der Waals surface area contributed by atoms with Gasteiger partial charge in [-0.15, -0.1) is 0 Å². The van der Waals surface area contributed by atoms with Crippen LogP contribution in [-0.4, -0.2) is 45.9 Å². The molecule has 0 atom stereocenters. The van der Waals surface area contributed by atoms with E-state index in [2.05, 4.69) is 10.3 Å². The zero-order valence-corrected chi connectivity index (χ0v) is 21.2. The molecule has 3 aromatic rings. The van der Waals surface area contributed by atoms with Crippen LogP contribution in [0.1, 0.15) is 27.7 Å². The maximum atomic E-state index is 13.4. The van der Waals surface area contributed by atoms with Crippen molar-refractivity contribution in [1.29, 1.82) is 0 Å². The van der Waals surface area contributed by atoms with Crippen LogP contribution in [0.15, 0.2) is 28.0 Å². The van der Waals surface area contributed by atoms with Gasteiger partial charge in [-0.3, -0.25) is 14.2 Å². The molecule has 0 aliphatic rings. The summed E-state index contributed by atoms with van der Waals surface area (Å²) in [5.74, 6) is 0.933. The number of anilines is 1. The minimum absolute atomic E-state index is 0.130. The fourth-order valence-corrected chi connectivity index (χ4v) is 3.94. The second kappa shape index (κ2) is 10.7. The Hall–Kier alpha value is -3.76. The summed E-state index contributed by atoms with van der Waals surface area (Å²) >= 11 is 0. The molecular formula is C24H33N5O6.